The molecule has 3 aromatic carbocycles. The summed E-state index contributed by atoms with van der Waals surface area (Å²) in [6.07, 6.45) is 1.61. The largest absolute Gasteiger partial charge is 0.504 e. The van der Waals surface area contributed by atoms with Gasteiger partial charge in [-0.15, -0.1) is 0 Å². The molecule has 0 amide bonds. The van der Waals surface area contributed by atoms with Crippen LogP contribution in [0.3, 0.4) is 0 Å². The molecule has 0 bridgehead atoms. The molecule has 0 saturated heterocycles. The molecule has 1 heterocycles. The maximum atomic E-state index is 10.4. The van der Waals surface area contributed by atoms with Gasteiger partial charge in [-0.3, -0.25) is 4.99 Å². The first-order chi connectivity index (χ1) is 15.2. The number of halogens is 1. The molecule has 0 aliphatic rings. The number of benzene rings is 3. The molecule has 0 atom stereocenters. The van der Waals surface area contributed by atoms with Gasteiger partial charge in [0.2, 0.25) is 5.89 Å². The van der Waals surface area contributed by atoms with Crippen LogP contribution in [-0.2, 0) is 5.41 Å². The number of hydrogen-bond donors (Lipinski definition) is 1. The number of oxazole rings is 1. The summed E-state index contributed by atoms with van der Waals surface area (Å²) in [5.41, 5.74) is 4.98. The maximum Gasteiger partial charge on any atom is 0.227 e. The van der Waals surface area contributed by atoms with Crippen molar-refractivity contribution in [3.05, 3.63) is 70.2 Å². The van der Waals surface area contributed by atoms with Crippen LogP contribution in [0.1, 0.15) is 38.8 Å². The van der Waals surface area contributed by atoms with Gasteiger partial charge in [0.1, 0.15) is 5.52 Å². The summed E-state index contributed by atoms with van der Waals surface area (Å²) in [6, 6.07) is 17.4. The highest BCUT2D eigenvalue weighted by molar-refractivity contribution is 9.10. The zero-order valence-corrected chi connectivity index (χ0v) is 20.1. The van der Waals surface area contributed by atoms with Crippen molar-refractivity contribution in [2.45, 2.75) is 33.1 Å². The normalized spacial score (nSPS) is 12.0. The van der Waals surface area contributed by atoms with Crippen LogP contribution < -0.4 is 4.74 Å². The molecule has 5 nitrogen and oxygen atoms in total. The highest BCUT2D eigenvalue weighted by Crippen LogP contribution is 2.34. The number of aromatic nitrogens is 1. The third-order valence-electron chi connectivity index (χ3n) is 5.09. The summed E-state index contributed by atoms with van der Waals surface area (Å²) < 4.78 is 12.2. The minimum absolute atomic E-state index is 0.0577. The molecule has 0 radical (unpaired) electrons. The quantitative estimate of drug-likeness (QED) is 0.294. The van der Waals surface area contributed by atoms with E-state index in [1.54, 1.807) is 18.3 Å². The molecule has 0 saturated carbocycles. The Bertz CT molecular complexity index is 1290. The summed E-state index contributed by atoms with van der Waals surface area (Å²) >= 11 is 3.44. The summed E-state index contributed by atoms with van der Waals surface area (Å²) in [6.45, 7) is 8.90. The van der Waals surface area contributed by atoms with Gasteiger partial charge in [0.15, 0.2) is 17.1 Å². The second-order valence-electron chi connectivity index (χ2n) is 8.53. The van der Waals surface area contributed by atoms with Gasteiger partial charge in [0.25, 0.3) is 0 Å². The van der Waals surface area contributed by atoms with Gasteiger partial charge in [-0.2, -0.15) is 0 Å². The van der Waals surface area contributed by atoms with E-state index in [9.17, 15) is 5.11 Å². The Morgan fingerprint density at radius 2 is 1.84 bits per heavy atom. The Morgan fingerprint density at radius 1 is 1.09 bits per heavy atom. The Balaban J connectivity index is 1.61. The van der Waals surface area contributed by atoms with Gasteiger partial charge in [-0.25, -0.2) is 4.98 Å². The van der Waals surface area contributed by atoms with Crippen molar-refractivity contribution >= 4 is 38.9 Å². The molecule has 0 aliphatic heterocycles. The SMILES string of the molecule is CCOc1cc(Br)cc(C=Nc2ccc3oc(-c4ccc(C(C)(C)C)cc4)nc3c2)c1O. The van der Waals surface area contributed by atoms with E-state index in [1.165, 1.54) is 5.56 Å². The number of aromatic hydroxyl groups is 1. The number of rotatable bonds is 5. The van der Waals surface area contributed by atoms with Crippen LogP contribution in [0, 0.1) is 0 Å². The van der Waals surface area contributed by atoms with E-state index in [-0.39, 0.29) is 11.2 Å². The van der Waals surface area contributed by atoms with E-state index in [0.29, 0.717) is 35.1 Å². The Hall–Kier alpha value is -3.12. The molecule has 32 heavy (non-hydrogen) atoms. The number of phenols is 1. The number of ether oxygens (including phenoxy) is 1. The molecule has 6 heteroatoms. The summed E-state index contributed by atoms with van der Waals surface area (Å²) in [4.78, 5) is 9.15. The third-order valence-corrected chi connectivity index (χ3v) is 5.55. The number of fused-ring (bicyclic) bond motifs is 1. The van der Waals surface area contributed by atoms with Crippen LogP contribution in [0.4, 0.5) is 5.69 Å². The lowest BCUT2D eigenvalue weighted by Crippen LogP contribution is -2.10. The second kappa shape index (κ2) is 8.79. The van der Waals surface area contributed by atoms with Crippen LogP contribution >= 0.6 is 15.9 Å². The van der Waals surface area contributed by atoms with Crippen molar-refractivity contribution in [1.29, 1.82) is 0 Å². The first kappa shape index (κ1) is 22.1. The molecular formula is C26H25BrN2O3. The van der Waals surface area contributed by atoms with E-state index in [2.05, 4.69) is 58.8 Å². The number of phenolic OH excluding ortho intramolecular Hbond substituents is 1. The van der Waals surface area contributed by atoms with Gasteiger partial charge in [-0.05, 0) is 60.4 Å². The van der Waals surface area contributed by atoms with Crippen molar-refractivity contribution < 1.29 is 14.3 Å². The third kappa shape index (κ3) is 4.70. The van der Waals surface area contributed by atoms with Crippen LogP contribution in [-0.4, -0.2) is 22.9 Å². The van der Waals surface area contributed by atoms with E-state index in [1.807, 2.05) is 37.3 Å². The smallest absolute Gasteiger partial charge is 0.227 e. The van der Waals surface area contributed by atoms with Crippen LogP contribution in [0.5, 0.6) is 11.5 Å². The maximum absolute atomic E-state index is 10.4. The zero-order chi connectivity index (χ0) is 22.9. The summed E-state index contributed by atoms with van der Waals surface area (Å²) in [5.74, 6) is 1.05. The van der Waals surface area contributed by atoms with E-state index in [0.717, 1.165) is 15.6 Å². The molecular weight excluding hydrogens is 468 g/mol. The molecule has 0 aliphatic carbocycles. The Morgan fingerprint density at radius 3 is 2.53 bits per heavy atom. The summed E-state index contributed by atoms with van der Waals surface area (Å²) in [7, 11) is 0. The first-order valence-electron chi connectivity index (χ1n) is 10.5. The fraction of sp³-hybridized carbons (Fsp3) is 0.231. The minimum Gasteiger partial charge on any atom is -0.504 e. The standard InChI is InChI=1S/C26H25BrN2O3/c1-5-31-23-13-19(27)12-17(24(23)30)15-28-20-10-11-22-21(14-20)29-25(32-22)16-6-8-18(9-7-16)26(2,3)4/h6-15,30H,5H2,1-4H3. The van der Waals surface area contributed by atoms with Crippen LogP contribution in [0.25, 0.3) is 22.6 Å². The zero-order valence-electron chi connectivity index (χ0n) is 18.5. The van der Waals surface area contributed by atoms with Gasteiger partial charge in [0, 0.05) is 21.8 Å². The van der Waals surface area contributed by atoms with Crippen LogP contribution in [0.15, 0.2) is 68.5 Å². The first-order valence-corrected chi connectivity index (χ1v) is 11.2. The monoisotopic (exact) mass is 492 g/mol. The molecule has 1 N–H and O–H groups in total. The lowest BCUT2D eigenvalue weighted by molar-refractivity contribution is 0.317. The van der Waals surface area contributed by atoms with Gasteiger partial charge in [0.05, 0.1) is 12.3 Å². The fourth-order valence-corrected chi connectivity index (χ4v) is 3.79. The van der Waals surface area contributed by atoms with Crippen molar-refractivity contribution in [3.8, 4) is 23.0 Å². The number of hydrogen-bond acceptors (Lipinski definition) is 5. The van der Waals surface area contributed by atoms with Gasteiger partial charge in [-0.1, -0.05) is 48.8 Å². The van der Waals surface area contributed by atoms with Crippen molar-refractivity contribution in [3.63, 3.8) is 0 Å². The van der Waals surface area contributed by atoms with E-state index in [4.69, 9.17) is 9.15 Å². The highest BCUT2D eigenvalue weighted by Gasteiger charge is 2.15. The predicted octanol–water partition coefficient (Wildman–Crippen LogP) is 7.41. The second-order valence-corrected chi connectivity index (χ2v) is 9.45. The molecule has 4 aromatic rings. The van der Waals surface area contributed by atoms with Crippen molar-refractivity contribution in [2.75, 3.05) is 6.61 Å². The highest BCUT2D eigenvalue weighted by atomic mass is 79.9. The topological polar surface area (TPSA) is 67.9 Å². The fourth-order valence-electron chi connectivity index (χ4n) is 3.33. The minimum atomic E-state index is 0.0577. The van der Waals surface area contributed by atoms with Gasteiger partial charge < -0.3 is 14.3 Å². The van der Waals surface area contributed by atoms with Gasteiger partial charge >= 0.3 is 0 Å². The van der Waals surface area contributed by atoms with Crippen molar-refractivity contribution in [2.24, 2.45) is 4.99 Å². The lowest BCUT2D eigenvalue weighted by atomic mass is 9.87. The van der Waals surface area contributed by atoms with Crippen LogP contribution in [0.2, 0.25) is 0 Å². The molecule has 4 rings (SSSR count). The Kier molecular flexibility index (Phi) is 6.07. The predicted molar refractivity (Wildman–Crippen MR) is 132 cm³/mol. The van der Waals surface area contributed by atoms with Crippen molar-refractivity contribution in [1.82, 2.24) is 4.98 Å². The number of nitrogens with zero attached hydrogens (tertiary/aromatic N) is 2. The average Bonchev–Trinajstić information content (AvgIpc) is 3.18. The van der Waals surface area contributed by atoms with E-state index < -0.39 is 0 Å². The molecule has 1 aromatic heterocycles. The summed E-state index contributed by atoms with van der Waals surface area (Å²) in [5, 5.41) is 10.4. The lowest BCUT2D eigenvalue weighted by Gasteiger charge is -2.18. The molecule has 0 spiro atoms. The Labute approximate surface area is 195 Å². The molecule has 0 unspecified atom stereocenters. The van der Waals surface area contributed by atoms with E-state index >= 15 is 0 Å². The molecule has 164 valence electrons. The average molecular weight is 493 g/mol. The molecule has 0 fully saturated rings. The number of aliphatic imine (C=N–C) groups is 1.